The molecule has 2 aliphatic heterocycles. The zero-order valence-electron chi connectivity index (χ0n) is 21.1. The number of benzene rings is 6. The average Bonchev–Trinajstić information content (AvgIpc) is 2.97. The normalized spacial score (nSPS) is 13.0. The van der Waals surface area contributed by atoms with Crippen LogP contribution in [-0.2, 0) is 0 Å². The fraction of sp³-hybridized carbons (Fsp3) is 0.0286. The standard InChI is InChI=1S/C35H24BNO/c1-23-21-25(28-16-9-12-24-11-5-6-15-27(24)28)22-31-34(23)36-29-17-7-8-19-32(29)38-33-20-10-18-30(35(33)36)37(31)26-13-3-2-4-14-26/h2-22H,1H3. The van der Waals surface area contributed by atoms with Gasteiger partial charge in [0.05, 0.1) is 0 Å². The van der Waals surface area contributed by atoms with Gasteiger partial charge in [0.25, 0.3) is 6.71 Å². The first kappa shape index (κ1) is 21.3. The summed E-state index contributed by atoms with van der Waals surface area (Å²) in [4.78, 5) is 2.42. The molecule has 178 valence electrons. The summed E-state index contributed by atoms with van der Waals surface area (Å²) in [6.45, 7) is 2.38. The number of para-hydroxylation sites is 2. The topological polar surface area (TPSA) is 12.5 Å². The predicted molar refractivity (Wildman–Crippen MR) is 160 cm³/mol. The molecule has 0 saturated carbocycles. The Balaban J connectivity index is 1.46. The highest BCUT2D eigenvalue weighted by molar-refractivity contribution is 6.99. The van der Waals surface area contributed by atoms with E-state index >= 15 is 0 Å². The fourth-order valence-corrected chi connectivity index (χ4v) is 6.45. The van der Waals surface area contributed by atoms with Gasteiger partial charge in [-0.3, -0.25) is 0 Å². The Morgan fingerprint density at radius 1 is 0.605 bits per heavy atom. The van der Waals surface area contributed by atoms with Crippen molar-refractivity contribution in [2.75, 3.05) is 4.90 Å². The van der Waals surface area contributed by atoms with Crippen molar-refractivity contribution in [2.45, 2.75) is 6.92 Å². The number of hydrogen-bond acceptors (Lipinski definition) is 2. The minimum Gasteiger partial charge on any atom is -0.458 e. The molecule has 38 heavy (non-hydrogen) atoms. The van der Waals surface area contributed by atoms with Gasteiger partial charge in [-0.05, 0) is 81.6 Å². The largest absolute Gasteiger partial charge is 0.458 e. The van der Waals surface area contributed by atoms with Crippen molar-refractivity contribution in [3.8, 4) is 22.6 Å². The van der Waals surface area contributed by atoms with Gasteiger partial charge < -0.3 is 9.64 Å². The van der Waals surface area contributed by atoms with Gasteiger partial charge in [0.15, 0.2) is 0 Å². The monoisotopic (exact) mass is 485 g/mol. The van der Waals surface area contributed by atoms with Crippen molar-refractivity contribution in [3.05, 3.63) is 133 Å². The van der Waals surface area contributed by atoms with Crippen molar-refractivity contribution in [3.63, 3.8) is 0 Å². The lowest BCUT2D eigenvalue weighted by Gasteiger charge is -2.41. The van der Waals surface area contributed by atoms with E-state index in [0.29, 0.717) is 0 Å². The molecule has 0 saturated heterocycles. The quantitative estimate of drug-likeness (QED) is 0.240. The molecule has 8 rings (SSSR count). The molecule has 0 aromatic heterocycles. The lowest BCUT2D eigenvalue weighted by atomic mass is 9.33. The van der Waals surface area contributed by atoms with Gasteiger partial charge in [-0.1, -0.05) is 96.6 Å². The molecule has 0 atom stereocenters. The zero-order valence-corrected chi connectivity index (χ0v) is 21.1. The number of aryl methyl sites for hydroxylation is 1. The molecule has 0 unspecified atom stereocenters. The molecule has 2 nitrogen and oxygen atoms in total. The number of hydrogen-bond donors (Lipinski definition) is 0. The number of nitrogens with zero attached hydrogens (tertiary/aromatic N) is 1. The molecule has 6 aromatic carbocycles. The van der Waals surface area contributed by atoms with Crippen LogP contribution in [0.5, 0.6) is 11.5 Å². The highest BCUT2D eigenvalue weighted by Gasteiger charge is 2.42. The zero-order chi connectivity index (χ0) is 25.2. The van der Waals surface area contributed by atoms with Crippen LogP contribution in [0.3, 0.4) is 0 Å². The van der Waals surface area contributed by atoms with Crippen LogP contribution < -0.4 is 26.0 Å². The first-order chi connectivity index (χ1) is 18.8. The highest BCUT2D eigenvalue weighted by Crippen LogP contribution is 2.42. The van der Waals surface area contributed by atoms with Crippen LogP contribution in [0.2, 0.25) is 0 Å². The minimum absolute atomic E-state index is 0.114. The minimum atomic E-state index is 0.114. The summed E-state index contributed by atoms with van der Waals surface area (Å²) in [5, 5.41) is 2.53. The van der Waals surface area contributed by atoms with E-state index in [1.165, 1.54) is 55.2 Å². The molecule has 0 spiro atoms. The maximum Gasteiger partial charge on any atom is 0.256 e. The predicted octanol–water partition coefficient (Wildman–Crippen LogP) is 7.22. The third-order valence-corrected chi connectivity index (χ3v) is 8.03. The highest BCUT2D eigenvalue weighted by atomic mass is 16.5. The van der Waals surface area contributed by atoms with Crippen LogP contribution in [0, 0.1) is 6.92 Å². The smallest absolute Gasteiger partial charge is 0.256 e. The SMILES string of the molecule is Cc1cc(-c2cccc3ccccc23)cc2c1B1c3ccccc3Oc3cccc(c31)N2c1ccccc1. The first-order valence-electron chi connectivity index (χ1n) is 13.2. The van der Waals surface area contributed by atoms with Crippen LogP contribution in [0.4, 0.5) is 17.1 Å². The Morgan fingerprint density at radius 3 is 2.26 bits per heavy atom. The molecule has 0 radical (unpaired) electrons. The van der Waals surface area contributed by atoms with Crippen molar-refractivity contribution in [1.29, 1.82) is 0 Å². The molecular formula is C35H24BNO. The maximum absolute atomic E-state index is 6.48. The van der Waals surface area contributed by atoms with E-state index < -0.39 is 0 Å². The summed E-state index contributed by atoms with van der Waals surface area (Å²) in [6.07, 6.45) is 0. The van der Waals surface area contributed by atoms with Crippen LogP contribution in [-0.4, -0.2) is 6.71 Å². The molecule has 2 heterocycles. The summed E-state index contributed by atoms with van der Waals surface area (Å²) in [7, 11) is 0. The van der Waals surface area contributed by atoms with E-state index in [1.54, 1.807) is 0 Å². The van der Waals surface area contributed by atoms with E-state index in [-0.39, 0.29) is 6.71 Å². The first-order valence-corrected chi connectivity index (χ1v) is 13.2. The van der Waals surface area contributed by atoms with E-state index in [9.17, 15) is 0 Å². The van der Waals surface area contributed by atoms with Gasteiger partial charge in [-0.2, -0.15) is 0 Å². The van der Waals surface area contributed by atoms with E-state index in [4.69, 9.17) is 4.74 Å². The Morgan fingerprint density at radius 2 is 1.34 bits per heavy atom. The Bertz CT molecular complexity index is 1870. The van der Waals surface area contributed by atoms with Gasteiger partial charge in [-0.25, -0.2) is 0 Å². The molecule has 0 amide bonds. The third kappa shape index (κ3) is 3.02. The lowest BCUT2D eigenvalue weighted by molar-refractivity contribution is 0.487. The molecule has 6 aromatic rings. The molecule has 3 heteroatoms. The maximum atomic E-state index is 6.48. The van der Waals surface area contributed by atoms with Gasteiger partial charge in [0.1, 0.15) is 11.5 Å². The van der Waals surface area contributed by atoms with Crippen molar-refractivity contribution in [1.82, 2.24) is 0 Å². The molecule has 0 bridgehead atoms. The Labute approximate surface area is 222 Å². The van der Waals surface area contributed by atoms with E-state index in [0.717, 1.165) is 17.2 Å². The molecule has 0 aliphatic carbocycles. The number of rotatable bonds is 2. The average molecular weight is 485 g/mol. The van der Waals surface area contributed by atoms with Crippen LogP contribution in [0.1, 0.15) is 5.56 Å². The second-order valence-electron chi connectivity index (χ2n) is 10.2. The fourth-order valence-electron chi connectivity index (χ4n) is 6.45. The van der Waals surface area contributed by atoms with Gasteiger partial charge in [0.2, 0.25) is 0 Å². The Kier molecular flexibility index (Phi) is 4.56. The summed E-state index contributed by atoms with van der Waals surface area (Å²) in [5.74, 6) is 1.88. The van der Waals surface area contributed by atoms with E-state index in [2.05, 4.69) is 139 Å². The Hall–Kier alpha value is -4.76. The van der Waals surface area contributed by atoms with Gasteiger partial charge in [-0.15, -0.1) is 0 Å². The summed E-state index contributed by atoms with van der Waals surface area (Å²) in [6, 6.07) is 45.7. The summed E-state index contributed by atoms with van der Waals surface area (Å²) >= 11 is 0. The van der Waals surface area contributed by atoms with Gasteiger partial charge in [0, 0.05) is 17.1 Å². The second-order valence-corrected chi connectivity index (χ2v) is 10.2. The molecular weight excluding hydrogens is 461 g/mol. The second kappa shape index (κ2) is 8.12. The number of fused-ring (bicyclic) bond motifs is 5. The number of ether oxygens (including phenoxy) is 1. The third-order valence-electron chi connectivity index (χ3n) is 8.03. The molecule has 2 aliphatic rings. The van der Waals surface area contributed by atoms with Crippen LogP contribution >= 0.6 is 0 Å². The molecule has 0 N–H and O–H groups in total. The molecule has 0 fully saturated rings. The lowest BCUT2D eigenvalue weighted by Crippen LogP contribution is -2.60. The van der Waals surface area contributed by atoms with Crippen molar-refractivity contribution in [2.24, 2.45) is 0 Å². The van der Waals surface area contributed by atoms with Crippen molar-refractivity contribution >= 4 is 50.9 Å². The van der Waals surface area contributed by atoms with Crippen LogP contribution in [0.25, 0.3) is 21.9 Å². The van der Waals surface area contributed by atoms with Gasteiger partial charge >= 0.3 is 0 Å². The van der Waals surface area contributed by atoms with Crippen molar-refractivity contribution < 1.29 is 4.74 Å². The van der Waals surface area contributed by atoms with E-state index in [1.807, 2.05) is 0 Å². The van der Waals surface area contributed by atoms with Crippen LogP contribution in [0.15, 0.2) is 127 Å². The number of anilines is 3. The summed E-state index contributed by atoms with van der Waals surface area (Å²) < 4.78 is 6.48. The summed E-state index contributed by atoms with van der Waals surface area (Å²) in [5.41, 5.74) is 11.1.